The number of nitrogens with two attached hydrogens (primary N) is 1. The van der Waals surface area contributed by atoms with Gasteiger partial charge in [0.15, 0.2) is 0 Å². The van der Waals surface area contributed by atoms with Gasteiger partial charge < -0.3 is 10.7 Å². The Morgan fingerprint density at radius 1 is 1.22 bits per heavy atom. The molecule has 5 heteroatoms. The van der Waals surface area contributed by atoms with Crippen molar-refractivity contribution < 1.29 is 0 Å². The third-order valence-electron chi connectivity index (χ3n) is 4.07. The Bertz CT molecular complexity index is 849. The van der Waals surface area contributed by atoms with Crippen molar-refractivity contribution in [1.82, 2.24) is 14.5 Å². The quantitative estimate of drug-likeness (QED) is 0.687. The molecule has 0 bridgehead atoms. The molecule has 120 valence electrons. The first kappa shape index (κ1) is 15.3. The van der Waals surface area contributed by atoms with Crippen LogP contribution >= 0.6 is 0 Å². The maximum absolute atomic E-state index is 12.3. The molecule has 0 fully saturated rings. The van der Waals surface area contributed by atoms with Crippen LogP contribution in [0.15, 0.2) is 41.2 Å². The highest BCUT2D eigenvalue weighted by Gasteiger charge is 2.12. The molecule has 0 aliphatic heterocycles. The van der Waals surface area contributed by atoms with Gasteiger partial charge >= 0.3 is 5.69 Å². The van der Waals surface area contributed by atoms with Crippen molar-refractivity contribution in [2.24, 2.45) is 0 Å². The monoisotopic (exact) mass is 310 g/mol. The van der Waals surface area contributed by atoms with E-state index in [1.165, 1.54) is 12.8 Å². The van der Waals surface area contributed by atoms with Crippen molar-refractivity contribution in [2.45, 2.75) is 39.2 Å². The van der Waals surface area contributed by atoms with Crippen molar-refractivity contribution in [2.75, 3.05) is 5.73 Å². The van der Waals surface area contributed by atoms with Gasteiger partial charge in [0.05, 0.1) is 12.1 Å². The van der Waals surface area contributed by atoms with Gasteiger partial charge in [-0.2, -0.15) is 0 Å². The van der Waals surface area contributed by atoms with Gasteiger partial charge in [-0.3, -0.25) is 4.57 Å². The van der Waals surface area contributed by atoms with E-state index < -0.39 is 0 Å². The van der Waals surface area contributed by atoms with Gasteiger partial charge in [0, 0.05) is 5.69 Å². The van der Waals surface area contributed by atoms with E-state index in [2.05, 4.69) is 16.9 Å². The fourth-order valence-electron chi connectivity index (χ4n) is 2.84. The lowest BCUT2D eigenvalue weighted by molar-refractivity contribution is 0.708. The maximum atomic E-state index is 12.3. The lowest BCUT2D eigenvalue weighted by atomic mass is 10.1. The molecule has 0 saturated carbocycles. The minimum atomic E-state index is -0.150. The summed E-state index contributed by atoms with van der Waals surface area (Å²) < 4.78 is 1.73. The highest BCUT2D eigenvalue weighted by molar-refractivity contribution is 5.85. The highest BCUT2D eigenvalue weighted by atomic mass is 16.1. The first-order chi connectivity index (χ1) is 11.2. The molecule has 2 aromatic heterocycles. The fourth-order valence-corrected chi connectivity index (χ4v) is 2.84. The van der Waals surface area contributed by atoms with Gasteiger partial charge in [0.2, 0.25) is 0 Å². The Labute approximate surface area is 135 Å². The number of anilines is 1. The minimum absolute atomic E-state index is 0.150. The molecule has 0 aliphatic rings. The van der Waals surface area contributed by atoms with Crippen LogP contribution in [0.4, 0.5) is 5.82 Å². The summed E-state index contributed by atoms with van der Waals surface area (Å²) >= 11 is 0. The number of nitrogen functional groups attached to an aromatic ring is 1. The van der Waals surface area contributed by atoms with Crippen LogP contribution in [0, 0.1) is 0 Å². The first-order valence-electron chi connectivity index (χ1n) is 8.11. The van der Waals surface area contributed by atoms with Crippen molar-refractivity contribution in [3.63, 3.8) is 0 Å². The van der Waals surface area contributed by atoms with E-state index in [4.69, 9.17) is 5.73 Å². The Balaban J connectivity index is 2.00. The van der Waals surface area contributed by atoms with Crippen LogP contribution in [-0.2, 0) is 13.0 Å². The number of nitrogens with zero attached hydrogens (tertiary/aromatic N) is 2. The smallest absolute Gasteiger partial charge is 0.326 e. The highest BCUT2D eigenvalue weighted by Crippen LogP contribution is 2.19. The molecule has 5 nitrogen and oxygen atoms in total. The molecule has 3 rings (SSSR count). The average Bonchev–Trinajstić information content (AvgIpc) is 2.86. The molecule has 0 amide bonds. The fraction of sp³-hybridized carbons (Fsp3) is 0.333. The van der Waals surface area contributed by atoms with Crippen molar-refractivity contribution in [1.29, 1.82) is 0 Å². The minimum Gasteiger partial charge on any atom is -0.382 e. The summed E-state index contributed by atoms with van der Waals surface area (Å²) in [6.45, 7) is 2.70. The third kappa shape index (κ3) is 3.28. The summed E-state index contributed by atoms with van der Waals surface area (Å²) in [5.74, 6) is 0.401. The van der Waals surface area contributed by atoms with Crippen LogP contribution < -0.4 is 11.4 Å². The second-order valence-corrected chi connectivity index (χ2v) is 5.85. The van der Waals surface area contributed by atoms with E-state index >= 15 is 0 Å². The molecular formula is C18H22N4O. The molecule has 2 heterocycles. The predicted molar refractivity (Wildman–Crippen MR) is 93.5 cm³/mol. The van der Waals surface area contributed by atoms with Crippen LogP contribution in [0.5, 0.6) is 0 Å². The molecule has 1 aromatic carbocycles. The molecule has 0 spiro atoms. The molecular weight excluding hydrogens is 288 g/mol. The summed E-state index contributed by atoms with van der Waals surface area (Å²) in [6, 6.07) is 11.9. The molecule has 3 N–H and O–H groups in total. The zero-order chi connectivity index (χ0) is 16.2. The number of aryl methyl sites for hydroxylation is 1. The van der Waals surface area contributed by atoms with Crippen molar-refractivity contribution >= 4 is 16.9 Å². The number of hydrogen-bond donors (Lipinski definition) is 2. The lowest BCUT2D eigenvalue weighted by Crippen LogP contribution is -2.17. The number of benzene rings is 1. The van der Waals surface area contributed by atoms with E-state index in [0.29, 0.717) is 17.9 Å². The summed E-state index contributed by atoms with van der Waals surface area (Å²) in [7, 11) is 0. The Morgan fingerprint density at radius 3 is 2.74 bits per heavy atom. The van der Waals surface area contributed by atoms with Crippen LogP contribution in [-0.4, -0.2) is 14.5 Å². The number of pyridine rings is 1. The van der Waals surface area contributed by atoms with Gasteiger partial charge in [-0.05, 0) is 24.5 Å². The molecule has 0 atom stereocenters. The topological polar surface area (TPSA) is 76.7 Å². The number of nitrogens with one attached hydrogen (secondary N) is 1. The molecule has 0 radical (unpaired) electrons. The number of rotatable bonds is 6. The van der Waals surface area contributed by atoms with Crippen LogP contribution in [0.2, 0.25) is 0 Å². The number of unbranched alkanes of at least 4 members (excludes halogenated alkanes) is 2. The van der Waals surface area contributed by atoms with E-state index in [9.17, 15) is 4.79 Å². The first-order valence-corrected chi connectivity index (χ1v) is 8.11. The largest absolute Gasteiger partial charge is 0.382 e. The van der Waals surface area contributed by atoms with Gasteiger partial charge in [-0.15, -0.1) is 0 Å². The summed E-state index contributed by atoms with van der Waals surface area (Å²) in [4.78, 5) is 19.5. The van der Waals surface area contributed by atoms with E-state index in [1.807, 2.05) is 36.4 Å². The predicted octanol–water partition coefficient (Wildman–Crippen LogP) is 3.09. The van der Waals surface area contributed by atoms with E-state index in [-0.39, 0.29) is 5.69 Å². The zero-order valence-electron chi connectivity index (χ0n) is 13.4. The molecule has 23 heavy (non-hydrogen) atoms. The van der Waals surface area contributed by atoms with Crippen LogP contribution in [0.25, 0.3) is 11.0 Å². The molecule has 3 aromatic rings. The Morgan fingerprint density at radius 2 is 2.00 bits per heavy atom. The number of fused-ring (bicyclic) bond motifs is 1. The number of imidazole rings is 1. The number of hydrogen-bond acceptors (Lipinski definition) is 3. The molecule has 0 saturated heterocycles. The Kier molecular flexibility index (Phi) is 4.46. The van der Waals surface area contributed by atoms with Crippen molar-refractivity contribution in [3.8, 4) is 0 Å². The van der Waals surface area contributed by atoms with Gasteiger partial charge in [0.1, 0.15) is 11.3 Å². The third-order valence-corrected chi connectivity index (χ3v) is 4.07. The van der Waals surface area contributed by atoms with Crippen molar-refractivity contribution in [3.05, 3.63) is 58.1 Å². The van der Waals surface area contributed by atoms with Crippen LogP contribution in [0.1, 0.15) is 37.4 Å². The Hall–Kier alpha value is -2.56. The second-order valence-electron chi connectivity index (χ2n) is 5.85. The average molecular weight is 310 g/mol. The van der Waals surface area contributed by atoms with E-state index in [1.54, 1.807) is 4.57 Å². The SMILES string of the molecule is CCCCCc1cc2c([nH]c(=O)n2Cc2ccccc2)c(N)n1. The van der Waals surface area contributed by atoms with E-state index in [0.717, 1.165) is 29.6 Å². The standard InChI is InChI=1S/C18H22N4O/c1-2-3-5-10-14-11-15-16(17(19)20-14)21-18(23)22(15)12-13-8-6-4-7-9-13/h4,6-9,11H,2-3,5,10,12H2,1H3,(H2,19,20)(H,21,23). The van der Waals surface area contributed by atoms with Gasteiger partial charge in [0.25, 0.3) is 0 Å². The zero-order valence-corrected chi connectivity index (χ0v) is 13.4. The van der Waals surface area contributed by atoms with Gasteiger partial charge in [-0.25, -0.2) is 9.78 Å². The lowest BCUT2D eigenvalue weighted by Gasteiger charge is -2.06. The number of H-pyrrole nitrogens is 1. The molecule has 0 aliphatic carbocycles. The summed E-state index contributed by atoms with van der Waals surface area (Å²) in [5, 5.41) is 0. The molecule has 0 unspecified atom stereocenters. The summed E-state index contributed by atoms with van der Waals surface area (Å²) in [5.41, 5.74) is 9.38. The maximum Gasteiger partial charge on any atom is 0.326 e. The number of aromatic amines is 1. The number of aromatic nitrogens is 3. The normalized spacial score (nSPS) is 11.2. The van der Waals surface area contributed by atoms with Gasteiger partial charge in [-0.1, -0.05) is 50.1 Å². The summed E-state index contributed by atoms with van der Waals surface area (Å²) in [6.07, 6.45) is 4.31. The second kappa shape index (κ2) is 6.69. The van der Waals surface area contributed by atoms with Crippen LogP contribution in [0.3, 0.4) is 0 Å².